The molecule has 0 spiro atoms. The molecule has 1 rings (SSSR count). The van der Waals surface area contributed by atoms with Crippen LogP contribution in [0.2, 0.25) is 0 Å². The van der Waals surface area contributed by atoms with E-state index in [1.165, 1.54) is 5.56 Å². The van der Waals surface area contributed by atoms with Crippen molar-refractivity contribution in [3.8, 4) is 0 Å². The first kappa shape index (κ1) is 32.2. The average Bonchev–Trinajstić information content (AvgIpc) is 2.88. The Hall–Kier alpha value is -3.87. The number of hydrogen-bond acceptors (Lipinski definition) is 7. The van der Waals surface area contributed by atoms with Gasteiger partial charge in [-0.1, -0.05) is 35.5 Å². The number of aliphatic carboxylic acids is 2. The van der Waals surface area contributed by atoms with Crippen molar-refractivity contribution in [2.45, 2.75) is 63.5 Å². The second-order valence-corrected chi connectivity index (χ2v) is 8.78. The van der Waals surface area contributed by atoms with Crippen LogP contribution in [0.15, 0.2) is 35.5 Å². The Kier molecular flexibility index (Phi) is 16.3. The second kappa shape index (κ2) is 19.3. The summed E-state index contributed by atoms with van der Waals surface area (Å²) in [5, 5.41) is 29.7. The molecule has 0 aliphatic carbocycles. The van der Waals surface area contributed by atoms with Gasteiger partial charge in [0.15, 0.2) is 6.04 Å². The van der Waals surface area contributed by atoms with E-state index >= 15 is 0 Å². The van der Waals surface area contributed by atoms with E-state index in [-0.39, 0.29) is 38.6 Å². The van der Waals surface area contributed by atoms with E-state index < -0.39 is 48.3 Å². The average molecular weight is 537 g/mol. The second-order valence-electron chi connectivity index (χ2n) is 8.78. The summed E-state index contributed by atoms with van der Waals surface area (Å²) in [5.41, 5.74) is 1.29. The molecular weight excluding hydrogens is 498 g/mol. The fraction of sp³-hybridized carbons (Fsp3) is 0.560. The molecule has 0 radical (unpaired) electrons. The van der Waals surface area contributed by atoms with Crippen LogP contribution in [0.1, 0.15) is 50.5 Å². The molecular formula is C25H38N5O8+. The molecule has 0 unspecified atom stereocenters. The van der Waals surface area contributed by atoms with E-state index in [0.717, 1.165) is 25.8 Å². The molecule has 38 heavy (non-hydrogen) atoms. The lowest BCUT2D eigenvalue weighted by Gasteiger charge is -2.15. The van der Waals surface area contributed by atoms with Crippen molar-refractivity contribution in [3.63, 3.8) is 0 Å². The number of carboxylic acids is 2. The molecule has 0 heterocycles. The van der Waals surface area contributed by atoms with Crippen LogP contribution in [0.5, 0.6) is 0 Å². The van der Waals surface area contributed by atoms with Crippen molar-refractivity contribution in [1.29, 1.82) is 0 Å². The van der Waals surface area contributed by atoms with Crippen molar-refractivity contribution in [3.05, 3.63) is 40.8 Å². The minimum absolute atomic E-state index is 0.0768. The van der Waals surface area contributed by atoms with E-state index in [9.17, 15) is 34.0 Å². The maximum atomic E-state index is 12.2. The zero-order chi connectivity index (χ0) is 28.2. The Labute approximate surface area is 221 Å². The summed E-state index contributed by atoms with van der Waals surface area (Å²) >= 11 is 0. The highest BCUT2D eigenvalue weighted by Gasteiger charge is 2.22. The maximum absolute atomic E-state index is 12.2. The molecule has 0 aliphatic heterocycles. The van der Waals surface area contributed by atoms with E-state index in [4.69, 9.17) is 5.11 Å². The number of carbonyl (C=O) groups is 5. The van der Waals surface area contributed by atoms with Gasteiger partial charge < -0.3 is 31.5 Å². The molecule has 1 aromatic carbocycles. The van der Waals surface area contributed by atoms with Crippen LogP contribution in [-0.4, -0.2) is 78.1 Å². The quantitative estimate of drug-likeness (QED) is 0.0893. The highest BCUT2D eigenvalue weighted by molar-refractivity contribution is 5.87. The predicted molar refractivity (Wildman–Crippen MR) is 137 cm³/mol. The van der Waals surface area contributed by atoms with Crippen LogP contribution in [-0.2, 0) is 30.4 Å². The molecule has 0 saturated carbocycles. The summed E-state index contributed by atoms with van der Waals surface area (Å²) in [6.45, 7) is 0.908. The lowest BCUT2D eigenvalue weighted by Crippen LogP contribution is -2.84. The van der Waals surface area contributed by atoms with Crippen LogP contribution in [0, 0.1) is 4.91 Å². The van der Waals surface area contributed by atoms with Gasteiger partial charge in [0.05, 0.1) is 19.6 Å². The zero-order valence-corrected chi connectivity index (χ0v) is 21.4. The van der Waals surface area contributed by atoms with Crippen LogP contribution < -0.4 is 21.3 Å². The molecule has 7 N–H and O–H groups in total. The number of amides is 3. The molecule has 0 saturated heterocycles. The van der Waals surface area contributed by atoms with Crippen molar-refractivity contribution in [2.24, 2.45) is 5.18 Å². The van der Waals surface area contributed by atoms with Crippen LogP contribution in [0.25, 0.3) is 0 Å². The molecule has 2 atom stereocenters. The first-order chi connectivity index (χ1) is 18.2. The van der Waals surface area contributed by atoms with Gasteiger partial charge in [0.1, 0.15) is 6.04 Å². The number of quaternary nitrogens is 1. The molecule has 210 valence electrons. The van der Waals surface area contributed by atoms with E-state index in [0.29, 0.717) is 6.54 Å². The number of unbranched alkanes of at least 4 members (excludes halogenated alkanes) is 1. The number of nitrogens with two attached hydrogens (primary N) is 1. The molecule has 0 bridgehead atoms. The van der Waals surface area contributed by atoms with Gasteiger partial charge in [0, 0.05) is 25.8 Å². The van der Waals surface area contributed by atoms with E-state index in [1.54, 1.807) is 0 Å². The molecule has 0 aliphatic rings. The zero-order valence-electron chi connectivity index (χ0n) is 21.4. The molecule has 0 aromatic heterocycles. The molecule has 13 heteroatoms. The van der Waals surface area contributed by atoms with Crippen molar-refractivity contribution < 1.29 is 39.5 Å². The normalized spacial score (nSPS) is 12.1. The fourth-order valence-corrected chi connectivity index (χ4v) is 3.54. The Balaban J connectivity index is 2.20. The number of nitrogens with zero attached hydrogens (tertiary/aromatic N) is 1. The number of aryl methyl sites for hydroxylation is 1. The third-order valence-corrected chi connectivity index (χ3v) is 5.65. The molecule has 3 amide bonds. The fourth-order valence-electron chi connectivity index (χ4n) is 3.54. The molecule has 0 fully saturated rings. The lowest BCUT2D eigenvalue weighted by molar-refractivity contribution is -0.655. The Morgan fingerprint density at radius 1 is 0.868 bits per heavy atom. The highest BCUT2D eigenvalue weighted by Crippen LogP contribution is 2.03. The van der Waals surface area contributed by atoms with Crippen LogP contribution >= 0.6 is 0 Å². The third kappa shape index (κ3) is 15.3. The van der Waals surface area contributed by atoms with Crippen LogP contribution in [0.3, 0.4) is 0 Å². The number of carboxylic acid groups (broad SMARTS) is 2. The lowest BCUT2D eigenvalue weighted by atomic mass is 10.1. The van der Waals surface area contributed by atoms with E-state index in [2.05, 4.69) is 33.3 Å². The number of benzene rings is 1. The van der Waals surface area contributed by atoms with Gasteiger partial charge in [-0.2, -0.15) is 0 Å². The first-order valence-corrected chi connectivity index (χ1v) is 12.7. The van der Waals surface area contributed by atoms with Crippen molar-refractivity contribution in [1.82, 2.24) is 16.0 Å². The topological polar surface area (TPSA) is 208 Å². The Morgan fingerprint density at radius 2 is 1.61 bits per heavy atom. The Morgan fingerprint density at radius 3 is 2.26 bits per heavy atom. The monoisotopic (exact) mass is 536 g/mol. The van der Waals surface area contributed by atoms with Crippen molar-refractivity contribution in [2.75, 3.05) is 26.2 Å². The van der Waals surface area contributed by atoms with E-state index in [1.807, 2.05) is 23.5 Å². The summed E-state index contributed by atoms with van der Waals surface area (Å²) in [4.78, 5) is 68.8. The highest BCUT2D eigenvalue weighted by atomic mass is 16.4. The van der Waals surface area contributed by atoms with Gasteiger partial charge in [-0.05, 0) is 37.7 Å². The summed E-state index contributed by atoms with van der Waals surface area (Å²) in [6.07, 6.45) is 2.90. The number of rotatable bonds is 21. The number of carbonyl (C=O) groups excluding carboxylic acids is 3. The smallest absolute Gasteiger partial charge is 0.326 e. The van der Waals surface area contributed by atoms with Gasteiger partial charge in [-0.3, -0.25) is 19.2 Å². The SMILES string of the molecule is O=N[C@@H](CC[NH2+]CCCCc1ccccc1)C(=O)NCC(=O)NCC[C@@H](NC(=O)CCCC(=O)O)C(=O)O. The Bertz CT molecular complexity index is 912. The molecule has 13 nitrogen and oxygen atoms in total. The summed E-state index contributed by atoms with van der Waals surface area (Å²) in [7, 11) is 0. The largest absolute Gasteiger partial charge is 0.481 e. The third-order valence-electron chi connectivity index (χ3n) is 5.65. The summed E-state index contributed by atoms with van der Waals surface area (Å²) in [6, 6.07) is 7.80. The minimum Gasteiger partial charge on any atom is -0.481 e. The number of nitrogens with one attached hydrogen (secondary N) is 3. The number of hydrogen-bond donors (Lipinski definition) is 6. The summed E-state index contributed by atoms with van der Waals surface area (Å²) < 4.78 is 0. The van der Waals surface area contributed by atoms with Gasteiger partial charge in [-0.25, -0.2) is 4.79 Å². The minimum atomic E-state index is -1.30. The predicted octanol–water partition coefficient (Wildman–Crippen LogP) is -0.455. The van der Waals surface area contributed by atoms with Crippen molar-refractivity contribution >= 4 is 29.7 Å². The standard InChI is InChI=1S/C25H37N5O8/c31-21(10-6-11-23(33)34)29-20(25(36)37)13-16-27-22(32)17-28-24(35)19(30-38)12-15-26-14-5-4-9-18-7-2-1-3-8-18/h1-3,7-8,19-20,26H,4-6,9-17H2,(H,27,32)(H,28,35)(H,29,31)(H,33,34)(H,36,37)/p+1/t19-,20+/m0/s1. The van der Waals surface area contributed by atoms with Gasteiger partial charge >= 0.3 is 11.9 Å². The molecule has 1 aromatic rings. The number of nitroso groups, excluding NO2 is 1. The first-order valence-electron chi connectivity index (χ1n) is 12.7. The maximum Gasteiger partial charge on any atom is 0.326 e. The van der Waals surface area contributed by atoms with Gasteiger partial charge in [0.2, 0.25) is 17.7 Å². The van der Waals surface area contributed by atoms with Gasteiger partial charge in [0.25, 0.3) is 0 Å². The van der Waals surface area contributed by atoms with Crippen LogP contribution in [0.4, 0.5) is 0 Å². The van der Waals surface area contributed by atoms with Gasteiger partial charge in [-0.15, -0.1) is 4.91 Å². The summed E-state index contributed by atoms with van der Waals surface area (Å²) in [5.74, 6) is -4.21.